The van der Waals surface area contributed by atoms with Crippen molar-refractivity contribution in [3.8, 4) is 0 Å². The number of carbonyl (C=O) groups is 3. The molecule has 1 aliphatic rings. The number of benzene rings is 2. The van der Waals surface area contributed by atoms with Crippen molar-refractivity contribution in [2.75, 3.05) is 26.2 Å². The molecule has 0 saturated carbocycles. The molecule has 31 heavy (non-hydrogen) atoms. The van der Waals surface area contributed by atoms with Gasteiger partial charge in [-0.3, -0.25) is 14.4 Å². The Morgan fingerprint density at radius 3 is 2.32 bits per heavy atom. The molecule has 2 aromatic carbocycles. The molecular formula is C23H25ClFN3O3. The van der Waals surface area contributed by atoms with Gasteiger partial charge in [0.25, 0.3) is 5.91 Å². The van der Waals surface area contributed by atoms with E-state index in [4.69, 9.17) is 11.6 Å². The van der Waals surface area contributed by atoms with Gasteiger partial charge in [0, 0.05) is 38.1 Å². The Hall–Kier alpha value is -2.93. The minimum atomic E-state index is -0.550. The van der Waals surface area contributed by atoms with Crippen LogP contribution in [0.25, 0.3) is 0 Å². The van der Waals surface area contributed by atoms with Gasteiger partial charge in [0.05, 0.1) is 18.0 Å². The van der Waals surface area contributed by atoms with Crippen LogP contribution >= 0.6 is 11.6 Å². The number of rotatable bonds is 5. The van der Waals surface area contributed by atoms with Gasteiger partial charge in [-0.2, -0.15) is 0 Å². The predicted molar refractivity (Wildman–Crippen MR) is 116 cm³/mol. The number of halogens is 2. The van der Waals surface area contributed by atoms with E-state index < -0.39 is 11.9 Å². The van der Waals surface area contributed by atoms with Crippen molar-refractivity contribution in [2.24, 2.45) is 0 Å². The van der Waals surface area contributed by atoms with Crippen LogP contribution in [-0.4, -0.2) is 53.7 Å². The summed E-state index contributed by atoms with van der Waals surface area (Å²) in [6, 6.07) is 12.4. The van der Waals surface area contributed by atoms with E-state index in [0.29, 0.717) is 37.6 Å². The maximum Gasteiger partial charge on any atom is 0.256 e. The Bertz CT molecular complexity index is 951. The number of hydrogen-bond acceptors (Lipinski definition) is 3. The summed E-state index contributed by atoms with van der Waals surface area (Å²) in [7, 11) is 0. The minimum Gasteiger partial charge on any atom is -0.349 e. The Morgan fingerprint density at radius 2 is 1.65 bits per heavy atom. The second kappa shape index (κ2) is 10.4. The first-order valence-corrected chi connectivity index (χ1v) is 10.6. The average molecular weight is 446 g/mol. The Morgan fingerprint density at radius 1 is 1.00 bits per heavy atom. The third-order valence-corrected chi connectivity index (χ3v) is 5.52. The topological polar surface area (TPSA) is 69.7 Å². The zero-order valence-corrected chi connectivity index (χ0v) is 18.1. The zero-order chi connectivity index (χ0) is 22.4. The molecule has 3 rings (SSSR count). The average Bonchev–Trinajstić information content (AvgIpc) is 3.00. The summed E-state index contributed by atoms with van der Waals surface area (Å²) < 4.78 is 14.0. The van der Waals surface area contributed by atoms with Gasteiger partial charge < -0.3 is 15.1 Å². The third-order valence-electron chi connectivity index (χ3n) is 5.27. The van der Waals surface area contributed by atoms with E-state index in [2.05, 4.69) is 5.32 Å². The van der Waals surface area contributed by atoms with Gasteiger partial charge in [-0.05, 0) is 36.2 Å². The lowest BCUT2D eigenvalue weighted by atomic mass is 10.0. The molecule has 1 aliphatic heterocycles. The van der Waals surface area contributed by atoms with Crippen LogP contribution in [0.1, 0.15) is 41.7 Å². The first-order valence-electron chi connectivity index (χ1n) is 10.2. The largest absolute Gasteiger partial charge is 0.349 e. The van der Waals surface area contributed by atoms with Crippen molar-refractivity contribution >= 4 is 29.3 Å². The van der Waals surface area contributed by atoms with Crippen LogP contribution in [0, 0.1) is 5.82 Å². The highest BCUT2D eigenvalue weighted by Gasteiger charge is 2.26. The van der Waals surface area contributed by atoms with E-state index in [-0.39, 0.29) is 29.7 Å². The SMILES string of the molecule is CC(=O)NC(CC(=O)N1CCCN(C(=O)c2ccccc2F)CC1)c1ccc(Cl)cc1. The summed E-state index contributed by atoms with van der Waals surface area (Å²) in [6.45, 7) is 3.03. The van der Waals surface area contributed by atoms with Crippen molar-refractivity contribution in [1.29, 1.82) is 0 Å². The highest BCUT2D eigenvalue weighted by molar-refractivity contribution is 6.30. The molecule has 1 saturated heterocycles. The van der Waals surface area contributed by atoms with Crippen molar-refractivity contribution in [2.45, 2.75) is 25.8 Å². The van der Waals surface area contributed by atoms with Crippen LogP contribution in [-0.2, 0) is 9.59 Å². The smallest absolute Gasteiger partial charge is 0.256 e. The van der Waals surface area contributed by atoms with Crippen molar-refractivity contribution in [1.82, 2.24) is 15.1 Å². The van der Waals surface area contributed by atoms with Crippen molar-refractivity contribution in [3.05, 3.63) is 70.5 Å². The van der Waals surface area contributed by atoms with Gasteiger partial charge in [0.1, 0.15) is 5.82 Å². The molecule has 6 nitrogen and oxygen atoms in total. The van der Waals surface area contributed by atoms with Gasteiger partial charge in [0.15, 0.2) is 0 Å². The van der Waals surface area contributed by atoms with Crippen LogP contribution in [0.4, 0.5) is 4.39 Å². The van der Waals surface area contributed by atoms with E-state index in [1.807, 2.05) is 0 Å². The molecule has 0 aliphatic carbocycles. The van der Waals surface area contributed by atoms with Crippen LogP contribution in [0.2, 0.25) is 5.02 Å². The normalized spacial score (nSPS) is 15.2. The quantitative estimate of drug-likeness (QED) is 0.766. The fraction of sp³-hybridized carbons (Fsp3) is 0.348. The zero-order valence-electron chi connectivity index (χ0n) is 17.3. The number of nitrogens with one attached hydrogen (secondary N) is 1. The molecule has 164 valence electrons. The molecule has 0 radical (unpaired) electrons. The van der Waals surface area contributed by atoms with Crippen LogP contribution in [0.15, 0.2) is 48.5 Å². The molecule has 1 heterocycles. The summed E-state index contributed by atoms with van der Waals surface area (Å²) in [5.74, 6) is -1.27. The highest BCUT2D eigenvalue weighted by atomic mass is 35.5. The van der Waals surface area contributed by atoms with Gasteiger partial charge >= 0.3 is 0 Å². The molecule has 1 atom stereocenters. The summed E-state index contributed by atoms with van der Waals surface area (Å²) in [5.41, 5.74) is 0.829. The number of nitrogens with zero attached hydrogens (tertiary/aromatic N) is 2. The maximum atomic E-state index is 14.0. The number of hydrogen-bond donors (Lipinski definition) is 1. The first kappa shape index (κ1) is 22.7. The Balaban J connectivity index is 1.65. The molecule has 0 bridgehead atoms. The summed E-state index contributed by atoms with van der Waals surface area (Å²) in [5, 5.41) is 3.39. The second-order valence-corrected chi connectivity index (χ2v) is 7.95. The van der Waals surface area contributed by atoms with E-state index in [0.717, 1.165) is 5.56 Å². The molecule has 1 unspecified atom stereocenters. The van der Waals surface area contributed by atoms with Crippen LogP contribution in [0.5, 0.6) is 0 Å². The van der Waals surface area contributed by atoms with Crippen molar-refractivity contribution < 1.29 is 18.8 Å². The fourth-order valence-corrected chi connectivity index (χ4v) is 3.80. The summed E-state index contributed by atoms with van der Waals surface area (Å²) >= 11 is 5.94. The van der Waals surface area contributed by atoms with E-state index in [9.17, 15) is 18.8 Å². The fourth-order valence-electron chi connectivity index (χ4n) is 3.67. The Kier molecular flexibility index (Phi) is 7.63. The lowest BCUT2D eigenvalue weighted by Crippen LogP contribution is -2.39. The maximum absolute atomic E-state index is 14.0. The summed E-state index contributed by atoms with van der Waals surface area (Å²) in [4.78, 5) is 40.6. The van der Waals surface area contributed by atoms with E-state index >= 15 is 0 Å². The second-order valence-electron chi connectivity index (χ2n) is 7.52. The summed E-state index contributed by atoms with van der Waals surface area (Å²) in [6.07, 6.45) is 0.695. The molecular weight excluding hydrogens is 421 g/mol. The third kappa shape index (κ3) is 6.04. The molecule has 1 N–H and O–H groups in total. The van der Waals surface area contributed by atoms with Gasteiger partial charge in [-0.25, -0.2) is 4.39 Å². The lowest BCUT2D eigenvalue weighted by Gasteiger charge is -2.25. The first-order chi connectivity index (χ1) is 14.8. The standard InChI is InChI=1S/C23H25ClFN3O3/c1-16(29)26-21(17-7-9-18(24)10-8-17)15-22(30)27-11-4-12-28(14-13-27)23(31)19-5-2-3-6-20(19)25/h2-3,5-10,21H,4,11-15H2,1H3,(H,26,29). The monoisotopic (exact) mass is 445 g/mol. The van der Waals surface area contributed by atoms with Crippen LogP contribution < -0.4 is 5.32 Å². The molecule has 3 amide bonds. The molecule has 0 aromatic heterocycles. The van der Waals surface area contributed by atoms with Crippen molar-refractivity contribution in [3.63, 3.8) is 0 Å². The van der Waals surface area contributed by atoms with Gasteiger partial charge in [0.2, 0.25) is 11.8 Å². The minimum absolute atomic E-state index is 0.0377. The molecule has 0 spiro atoms. The lowest BCUT2D eigenvalue weighted by molar-refractivity contribution is -0.131. The Labute approximate surface area is 186 Å². The molecule has 2 aromatic rings. The number of amides is 3. The predicted octanol–water partition coefficient (Wildman–Crippen LogP) is 3.42. The highest BCUT2D eigenvalue weighted by Crippen LogP contribution is 2.21. The number of carbonyl (C=O) groups excluding carboxylic acids is 3. The van der Waals surface area contributed by atoms with Gasteiger partial charge in [-0.1, -0.05) is 35.9 Å². The van der Waals surface area contributed by atoms with E-state index in [1.165, 1.54) is 19.1 Å². The van der Waals surface area contributed by atoms with Crippen LogP contribution in [0.3, 0.4) is 0 Å². The molecule has 8 heteroatoms. The molecule has 1 fully saturated rings. The van der Waals surface area contributed by atoms with Gasteiger partial charge in [-0.15, -0.1) is 0 Å². The van der Waals surface area contributed by atoms with E-state index in [1.54, 1.807) is 46.2 Å².